The number of benzene rings is 2. The quantitative estimate of drug-likeness (QED) is 0.367. The second-order valence-electron chi connectivity index (χ2n) is 6.50. The molecule has 0 radical (unpaired) electrons. The lowest BCUT2D eigenvalue weighted by atomic mass is 10.1. The molecule has 0 aliphatic rings. The monoisotopic (exact) mass is 423 g/mol. The second-order valence-corrected chi connectivity index (χ2v) is 6.50. The molecular formula is C23H22FN3O4. The lowest BCUT2D eigenvalue weighted by molar-refractivity contribution is 0.102. The zero-order valence-corrected chi connectivity index (χ0v) is 17.1. The molecule has 1 amide bonds. The van der Waals surface area contributed by atoms with Crippen molar-refractivity contribution in [2.45, 2.75) is 20.3 Å². The van der Waals surface area contributed by atoms with E-state index < -0.39 is 11.7 Å². The smallest absolute Gasteiger partial charge is 0.259 e. The number of hydrogen-bond acceptors (Lipinski definition) is 6. The van der Waals surface area contributed by atoms with E-state index in [4.69, 9.17) is 24.7 Å². The van der Waals surface area contributed by atoms with Gasteiger partial charge in [-0.1, -0.05) is 13.0 Å². The molecule has 3 N–H and O–H groups in total. The number of aryl methyl sites for hydroxylation is 1. The summed E-state index contributed by atoms with van der Waals surface area (Å²) < 4.78 is 30.1. The summed E-state index contributed by atoms with van der Waals surface area (Å²) in [5.74, 6) is -1.40. The minimum atomic E-state index is -0.671. The third kappa shape index (κ3) is 5.16. The van der Waals surface area contributed by atoms with Crippen molar-refractivity contribution in [3.05, 3.63) is 83.1 Å². The van der Waals surface area contributed by atoms with Crippen LogP contribution < -0.4 is 10.1 Å². The zero-order valence-electron chi connectivity index (χ0n) is 17.1. The summed E-state index contributed by atoms with van der Waals surface area (Å²) in [5.41, 5.74) is 1.29. The normalized spacial score (nSPS) is 10.4. The van der Waals surface area contributed by atoms with Gasteiger partial charge < -0.3 is 19.2 Å². The Morgan fingerprint density at radius 1 is 1.10 bits per heavy atom. The van der Waals surface area contributed by atoms with E-state index in [1.807, 2.05) is 19.9 Å². The number of carbonyl (C=O) groups is 1. The molecular weight excluding hydrogens is 401 g/mol. The first-order valence-corrected chi connectivity index (χ1v) is 9.68. The van der Waals surface area contributed by atoms with Crippen LogP contribution >= 0.6 is 0 Å². The van der Waals surface area contributed by atoms with Crippen molar-refractivity contribution < 1.29 is 23.1 Å². The van der Waals surface area contributed by atoms with Gasteiger partial charge in [-0.15, -0.1) is 0 Å². The molecule has 7 nitrogen and oxygen atoms in total. The van der Waals surface area contributed by atoms with Crippen LogP contribution in [0.4, 0.5) is 10.1 Å². The Bertz CT molecular complexity index is 1110. The minimum absolute atomic E-state index is 0.121. The number of amides is 1. The van der Waals surface area contributed by atoms with Crippen LogP contribution in [0.1, 0.15) is 41.1 Å². The van der Waals surface area contributed by atoms with Gasteiger partial charge in [-0.2, -0.15) is 0 Å². The van der Waals surface area contributed by atoms with E-state index in [9.17, 15) is 9.18 Å². The van der Waals surface area contributed by atoms with Gasteiger partial charge in [0.2, 0.25) is 5.90 Å². The highest BCUT2D eigenvalue weighted by molar-refractivity contribution is 6.08. The van der Waals surface area contributed by atoms with E-state index in [2.05, 4.69) is 5.32 Å². The summed E-state index contributed by atoms with van der Waals surface area (Å²) in [4.78, 5) is 12.9. The average Bonchev–Trinajstić information content (AvgIpc) is 3.30. The summed E-state index contributed by atoms with van der Waals surface area (Å²) in [5, 5.41) is 18.4. The molecule has 0 fully saturated rings. The van der Waals surface area contributed by atoms with E-state index >= 15 is 0 Å². The Labute approximate surface area is 178 Å². The van der Waals surface area contributed by atoms with E-state index in [1.165, 1.54) is 24.5 Å². The lowest BCUT2D eigenvalue weighted by Crippen LogP contribution is -2.17. The lowest BCUT2D eigenvalue weighted by Gasteiger charge is -2.13. The van der Waals surface area contributed by atoms with Crippen molar-refractivity contribution in [3.63, 3.8) is 0 Å². The number of ether oxygens (including phenoxy) is 2. The highest BCUT2D eigenvalue weighted by Crippen LogP contribution is 2.24. The van der Waals surface area contributed by atoms with Crippen molar-refractivity contribution in [1.82, 2.24) is 0 Å². The van der Waals surface area contributed by atoms with E-state index in [1.54, 1.807) is 18.2 Å². The molecule has 1 heterocycles. The Morgan fingerprint density at radius 3 is 2.58 bits per heavy atom. The van der Waals surface area contributed by atoms with Gasteiger partial charge in [0.15, 0.2) is 5.76 Å². The van der Waals surface area contributed by atoms with Gasteiger partial charge in [0.25, 0.3) is 11.8 Å². The van der Waals surface area contributed by atoms with Gasteiger partial charge in [-0.3, -0.25) is 15.6 Å². The number of halogens is 1. The molecule has 8 heteroatoms. The summed E-state index contributed by atoms with van der Waals surface area (Å²) >= 11 is 0. The summed E-state index contributed by atoms with van der Waals surface area (Å²) in [6.45, 7) is 4.16. The second kappa shape index (κ2) is 9.71. The number of furan rings is 1. The van der Waals surface area contributed by atoms with Crippen LogP contribution in [-0.2, 0) is 11.2 Å². The summed E-state index contributed by atoms with van der Waals surface area (Å²) in [6.07, 6.45) is 2.11. The first-order chi connectivity index (χ1) is 14.9. The predicted octanol–water partition coefficient (Wildman–Crippen LogP) is 5.00. The molecule has 2 aromatic carbocycles. The predicted molar refractivity (Wildman–Crippen MR) is 115 cm³/mol. The van der Waals surface area contributed by atoms with Gasteiger partial charge in [-0.05, 0) is 61.4 Å². The number of nitrogens with one attached hydrogen (secondary N) is 3. The first kappa shape index (κ1) is 21.8. The molecule has 1 aromatic heterocycles. The van der Waals surface area contributed by atoms with Gasteiger partial charge in [0.1, 0.15) is 11.6 Å². The molecule has 0 spiro atoms. The highest BCUT2D eigenvalue weighted by Gasteiger charge is 2.17. The van der Waals surface area contributed by atoms with Crippen LogP contribution in [-0.4, -0.2) is 24.3 Å². The Morgan fingerprint density at radius 2 is 1.90 bits per heavy atom. The standard InChI is InChI=1S/C23H22FN3O4/c1-3-14-7-10-19(29-4-2)16(12-14)23(28)27-18-13-15(8-9-17(18)24)21(25)31-22(26)20-6-5-11-30-20/h5-13,25-26H,3-4H2,1-2H3,(H,27,28). The minimum Gasteiger partial charge on any atom is -0.493 e. The third-order valence-corrected chi connectivity index (χ3v) is 4.42. The SMILES string of the molecule is CCOc1ccc(CC)cc1C(=O)Nc1cc(C(=N)OC(=N)c2ccco2)ccc1F. The van der Waals surface area contributed by atoms with Crippen molar-refractivity contribution in [2.75, 3.05) is 11.9 Å². The molecule has 0 saturated heterocycles. The van der Waals surface area contributed by atoms with Crippen molar-refractivity contribution >= 4 is 23.4 Å². The van der Waals surface area contributed by atoms with Crippen molar-refractivity contribution in [1.29, 1.82) is 10.8 Å². The number of hydrogen-bond donors (Lipinski definition) is 3. The maximum absolute atomic E-state index is 14.4. The Hall–Kier alpha value is -3.94. The molecule has 0 aliphatic carbocycles. The fourth-order valence-corrected chi connectivity index (χ4v) is 2.83. The van der Waals surface area contributed by atoms with Crippen LogP contribution in [0.5, 0.6) is 5.75 Å². The van der Waals surface area contributed by atoms with Gasteiger partial charge >= 0.3 is 0 Å². The molecule has 0 saturated carbocycles. The van der Waals surface area contributed by atoms with Gasteiger partial charge in [0, 0.05) is 5.56 Å². The van der Waals surface area contributed by atoms with E-state index in [0.29, 0.717) is 12.4 Å². The fraction of sp³-hybridized carbons (Fsp3) is 0.174. The van der Waals surface area contributed by atoms with Gasteiger partial charge in [-0.25, -0.2) is 4.39 Å². The molecule has 3 rings (SSSR count). The fourth-order valence-electron chi connectivity index (χ4n) is 2.83. The number of carbonyl (C=O) groups excluding carboxylic acids is 1. The summed E-state index contributed by atoms with van der Waals surface area (Å²) in [6, 6.07) is 12.1. The van der Waals surface area contributed by atoms with E-state index in [0.717, 1.165) is 18.1 Å². The Kier molecular flexibility index (Phi) is 6.81. The first-order valence-electron chi connectivity index (χ1n) is 9.68. The molecule has 160 valence electrons. The highest BCUT2D eigenvalue weighted by atomic mass is 19.1. The molecule has 31 heavy (non-hydrogen) atoms. The van der Waals surface area contributed by atoms with Crippen molar-refractivity contribution in [3.8, 4) is 5.75 Å². The molecule has 0 aliphatic heterocycles. The van der Waals surface area contributed by atoms with Crippen LogP contribution in [0.15, 0.2) is 59.2 Å². The van der Waals surface area contributed by atoms with Crippen LogP contribution in [0.3, 0.4) is 0 Å². The topological polar surface area (TPSA) is 108 Å². The largest absolute Gasteiger partial charge is 0.493 e. The number of anilines is 1. The van der Waals surface area contributed by atoms with Crippen LogP contribution in [0.25, 0.3) is 0 Å². The van der Waals surface area contributed by atoms with E-state index in [-0.39, 0.29) is 34.4 Å². The molecule has 0 unspecified atom stereocenters. The van der Waals surface area contributed by atoms with Gasteiger partial charge in [0.05, 0.1) is 24.1 Å². The molecule has 0 atom stereocenters. The van der Waals surface area contributed by atoms with Crippen molar-refractivity contribution in [2.24, 2.45) is 0 Å². The molecule has 0 bridgehead atoms. The average molecular weight is 423 g/mol. The number of rotatable bonds is 7. The maximum atomic E-state index is 14.4. The Balaban J connectivity index is 1.81. The third-order valence-electron chi connectivity index (χ3n) is 4.42. The zero-order chi connectivity index (χ0) is 22.4. The van der Waals surface area contributed by atoms with Crippen LogP contribution in [0, 0.1) is 16.6 Å². The molecule has 3 aromatic rings. The van der Waals surface area contributed by atoms with Crippen LogP contribution in [0.2, 0.25) is 0 Å². The summed E-state index contributed by atoms with van der Waals surface area (Å²) in [7, 11) is 0. The maximum Gasteiger partial charge on any atom is 0.259 e.